The molecule has 1 saturated carbocycles. The Bertz CT molecular complexity index is 2610. The molecule has 65 heavy (non-hydrogen) atoms. The molecule has 10 N–H and O–H groups in total. The number of aldehydes is 1. The normalized spacial score (nSPS) is 30.3. The van der Waals surface area contributed by atoms with Crippen molar-refractivity contribution >= 4 is 47.0 Å². The first-order valence-electron chi connectivity index (χ1n) is 21.0. The lowest BCUT2D eigenvalue weighted by Crippen LogP contribution is -3.09. The first-order valence-corrected chi connectivity index (χ1v) is 21.0. The fraction of sp³-hybridized carbons (Fsp3) is 0.400. The summed E-state index contributed by atoms with van der Waals surface area (Å²) in [6, 6.07) is 12.5. The number of aliphatic hydroxyl groups is 7. The molecule has 2 fully saturated rings. The van der Waals surface area contributed by atoms with E-state index in [1.165, 1.54) is 30.5 Å². The number of aliphatic imine (C=N–C) groups is 2. The molecule has 4 aliphatic heterocycles. The first-order chi connectivity index (χ1) is 31.3. The monoisotopic (exact) mass is 896 g/mol. The van der Waals surface area contributed by atoms with Gasteiger partial charge >= 0.3 is 0 Å². The number of nitrogens with zero attached hydrogens (tertiary/aromatic N) is 2. The van der Waals surface area contributed by atoms with E-state index in [-0.39, 0.29) is 71.0 Å². The van der Waals surface area contributed by atoms with Crippen LogP contribution in [0.2, 0.25) is 0 Å². The van der Waals surface area contributed by atoms with Gasteiger partial charge in [0.1, 0.15) is 43.0 Å². The van der Waals surface area contributed by atoms with Crippen LogP contribution in [-0.2, 0) is 25.7 Å². The van der Waals surface area contributed by atoms with Gasteiger partial charge in [0.15, 0.2) is 35.3 Å². The van der Waals surface area contributed by atoms with Gasteiger partial charge in [0.05, 0.1) is 24.5 Å². The maximum Gasteiger partial charge on any atom is 0.284 e. The maximum absolute atomic E-state index is 14.9. The average molecular weight is 897 g/mol. The van der Waals surface area contributed by atoms with Crippen molar-refractivity contribution in [2.75, 3.05) is 33.1 Å². The summed E-state index contributed by atoms with van der Waals surface area (Å²) in [5, 5.41) is 89.3. The molecular weight excluding hydrogens is 851 g/mol. The van der Waals surface area contributed by atoms with Gasteiger partial charge in [0.2, 0.25) is 18.0 Å². The van der Waals surface area contributed by atoms with Gasteiger partial charge in [-0.3, -0.25) is 25.1 Å². The molecule has 1 amide bonds. The van der Waals surface area contributed by atoms with Gasteiger partial charge < -0.3 is 59.5 Å². The molecule has 1 saturated heterocycles. The van der Waals surface area contributed by atoms with Crippen molar-refractivity contribution < 1.29 is 78.8 Å². The number of ether oxygens (including phenoxy) is 4. The Morgan fingerprint density at radius 1 is 1.03 bits per heavy atom. The number of hydrogen-bond acceptors (Lipinski definition) is 17. The molecule has 20 nitrogen and oxygen atoms in total. The Kier molecular flexibility index (Phi) is 11.6. The van der Waals surface area contributed by atoms with Gasteiger partial charge in [-0.1, -0.05) is 24.3 Å². The number of benzene rings is 3. The minimum absolute atomic E-state index is 0.00378. The van der Waals surface area contributed by atoms with Crippen LogP contribution in [0.15, 0.2) is 70.4 Å². The molecule has 3 aromatic rings. The van der Waals surface area contributed by atoms with Crippen molar-refractivity contribution in [2.45, 2.75) is 74.0 Å². The third-order valence-corrected chi connectivity index (χ3v) is 13.1. The Hall–Kier alpha value is -6.07. The minimum Gasteiger partial charge on any atom is -0.498 e. The summed E-state index contributed by atoms with van der Waals surface area (Å²) < 4.78 is 25.6. The summed E-state index contributed by atoms with van der Waals surface area (Å²) in [5.41, 5.74) is -3.86. The number of amidine groups is 1. The van der Waals surface area contributed by atoms with E-state index >= 15 is 0 Å². The van der Waals surface area contributed by atoms with Gasteiger partial charge in [0.25, 0.3) is 11.7 Å². The highest BCUT2D eigenvalue weighted by molar-refractivity contribution is 6.68. The zero-order valence-corrected chi connectivity index (χ0v) is 34.6. The molecule has 0 aromatic heterocycles. The van der Waals surface area contributed by atoms with Crippen molar-refractivity contribution in [3.63, 3.8) is 0 Å². The number of ketones is 2. The summed E-state index contributed by atoms with van der Waals surface area (Å²) in [4.78, 5) is 63.4. The number of quaternary nitrogens is 1. The van der Waals surface area contributed by atoms with E-state index < -0.39 is 116 Å². The van der Waals surface area contributed by atoms with Crippen LogP contribution >= 0.6 is 0 Å². The predicted octanol–water partition coefficient (Wildman–Crippen LogP) is -1.57. The third kappa shape index (κ3) is 7.08. The number of rotatable bonds is 11. The van der Waals surface area contributed by atoms with Crippen LogP contribution in [0, 0.1) is 11.3 Å². The first kappa shape index (κ1) is 44.1. The summed E-state index contributed by atoms with van der Waals surface area (Å²) in [5.74, 6) is -5.49. The lowest BCUT2D eigenvalue weighted by molar-refractivity contribution is -0.723. The molecule has 9 rings (SSSR count). The average Bonchev–Trinajstić information content (AvgIpc) is 3.71. The van der Waals surface area contributed by atoms with E-state index in [0.29, 0.717) is 33.6 Å². The zero-order valence-electron chi connectivity index (χ0n) is 34.6. The van der Waals surface area contributed by atoms with E-state index in [1.54, 1.807) is 24.3 Å². The van der Waals surface area contributed by atoms with Gasteiger partial charge in [-0.2, -0.15) is 4.99 Å². The highest BCUT2D eigenvalue weighted by Gasteiger charge is 2.69. The number of guanidine groups is 1. The second kappa shape index (κ2) is 17.1. The van der Waals surface area contributed by atoms with Crippen LogP contribution in [0.1, 0.15) is 80.1 Å². The molecule has 20 heteroatoms. The lowest BCUT2D eigenvalue weighted by Gasteiger charge is -2.59. The van der Waals surface area contributed by atoms with Crippen LogP contribution in [0.5, 0.6) is 11.5 Å². The van der Waals surface area contributed by atoms with Crippen LogP contribution < -0.4 is 19.7 Å². The van der Waals surface area contributed by atoms with Gasteiger partial charge in [-0.15, -0.1) is 0 Å². The molecule has 4 bridgehead atoms. The Labute approximate surface area is 369 Å². The number of nitrogens with one attached hydrogen (secondary N) is 3. The van der Waals surface area contributed by atoms with E-state index in [9.17, 15) is 54.9 Å². The molecule has 4 heterocycles. The van der Waals surface area contributed by atoms with Crippen molar-refractivity contribution in [3.8, 4) is 11.5 Å². The fourth-order valence-electron chi connectivity index (χ4n) is 9.84. The third-order valence-electron chi connectivity index (χ3n) is 13.1. The quantitative estimate of drug-likeness (QED) is 0.0761. The van der Waals surface area contributed by atoms with Crippen molar-refractivity contribution in [3.05, 3.63) is 99.3 Å². The summed E-state index contributed by atoms with van der Waals surface area (Å²) in [6.07, 6.45) is -5.72. The number of carbonyl (C=O) groups is 4. The van der Waals surface area contributed by atoms with Crippen LogP contribution in [-0.4, -0.2) is 146 Å². The number of carbonyl (C=O) groups excluding carboxylic acids is 4. The highest BCUT2D eigenvalue weighted by Crippen LogP contribution is 2.54. The predicted molar refractivity (Wildman–Crippen MR) is 223 cm³/mol. The number of hydrogen-bond donors (Lipinski definition) is 10. The molecule has 9 atom stereocenters. The van der Waals surface area contributed by atoms with Gasteiger partial charge in [0, 0.05) is 59.3 Å². The Balaban J connectivity index is 1.36. The van der Waals surface area contributed by atoms with Crippen LogP contribution in [0.4, 0.5) is 5.69 Å². The standard InChI is InChI=1S/C45H45N5O15/c46-43-48-39-34(40(58)49-43)47-20-50(39)30-4-2-1-3-26(30)32-22(8-11-51)17-62-19-31-44(60)10-7-23(16-54)45(61,41(44)59)42(64-31)65-37-29(32)14-28-33(38(37)63-18-24(55)9-12-52)36(57)27-13-21(15-53)5-6-25(27)35(28)56/h1-6,12-14,17,23-24,31-32,41-42,51,53-55,59-61H,7-11,15-16,18-20H2,(H2,46,49,58)/p+1/b22-17-/t23-,24-,31+,32+,41-,42-,44+,45+/m1/s1. The van der Waals surface area contributed by atoms with E-state index in [4.69, 9.17) is 24.4 Å². The minimum atomic E-state index is -2.55. The van der Waals surface area contributed by atoms with Gasteiger partial charge in [-0.25, -0.2) is 9.89 Å². The van der Waals surface area contributed by atoms with Crippen LogP contribution in [0.3, 0.4) is 0 Å². The molecule has 2 aliphatic carbocycles. The smallest absolute Gasteiger partial charge is 0.284 e. The van der Waals surface area contributed by atoms with Crippen molar-refractivity contribution in [1.82, 2.24) is 5.32 Å². The molecule has 340 valence electrons. The lowest BCUT2D eigenvalue weighted by atomic mass is 9.62. The molecular formula is C45H46N5O15+. The highest BCUT2D eigenvalue weighted by atomic mass is 16.7. The Morgan fingerprint density at radius 2 is 1.83 bits per heavy atom. The summed E-state index contributed by atoms with van der Waals surface area (Å²) >= 11 is 0. The topological polar surface area (TPSA) is 312 Å². The van der Waals surface area contributed by atoms with Crippen LogP contribution in [0.25, 0.3) is 0 Å². The maximum atomic E-state index is 14.9. The number of aliphatic hydroxyl groups excluding tert-OH is 5. The second-order valence-electron chi connectivity index (χ2n) is 16.8. The Morgan fingerprint density at radius 3 is 2.58 bits per heavy atom. The number of para-hydroxylation sites is 1. The molecule has 0 radical (unpaired) electrons. The molecule has 6 aliphatic rings. The fourth-order valence-corrected chi connectivity index (χ4v) is 9.84. The summed E-state index contributed by atoms with van der Waals surface area (Å²) in [7, 11) is 0. The molecule has 1 unspecified atom stereocenters. The molecule has 3 aromatic carbocycles. The largest absolute Gasteiger partial charge is 0.498 e. The summed E-state index contributed by atoms with van der Waals surface area (Å²) in [6.45, 7) is -2.76. The second-order valence-corrected chi connectivity index (χ2v) is 16.8. The SMILES string of the molecule is N=C1N=C2C(=NC[NH+]2c2ccccc2[C@@H]2/C(CCO)=C\OC[C@@H]3O[C@H](Oc4c2cc2c(c4OC[C@H](O)CC=O)C(=O)c4cc(CO)ccc4C2=O)[C@]2(O)[C@@H](CO)CC[C@@]3(O)[C@H]2O)C(=O)N1. The zero-order chi connectivity index (χ0) is 45.9. The number of fused-ring (bicyclic) bond motifs is 10. The number of amides is 1. The van der Waals surface area contributed by atoms with Crippen molar-refractivity contribution in [2.24, 2.45) is 15.9 Å². The van der Waals surface area contributed by atoms with E-state index in [1.807, 2.05) is 0 Å². The van der Waals surface area contributed by atoms with Crippen molar-refractivity contribution in [1.29, 1.82) is 5.41 Å². The van der Waals surface area contributed by atoms with Gasteiger partial charge in [-0.05, 0) is 54.7 Å². The molecule has 0 spiro atoms. The van der Waals surface area contributed by atoms with E-state index in [0.717, 1.165) is 0 Å². The van der Waals surface area contributed by atoms with E-state index in [2.05, 4.69) is 15.3 Å².